The van der Waals surface area contributed by atoms with Crippen LogP contribution < -0.4 is 0 Å². The van der Waals surface area contributed by atoms with Crippen molar-refractivity contribution in [1.29, 1.82) is 0 Å². The average molecular weight is 171 g/mol. The summed E-state index contributed by atoms with van der Waals surface area (Å²) in [6.45, 7) is 0. The van der Waals surface area contributed by atoms with E-state index in [4.69, 9.17) is 11.6 Å². The minimum atomic E-state index is -0.439. The molecular weight excluding hydrogens is 167 g/mol. The zero-order chi connectivity index (χ0) is 7.84. The topological polar surface area (TPSA) is 28.7 Å². The summed E-state index contributed by atoms with van der Waals surface area (Å²) >= 11 is 5.61. The number of hydrogen-bond acceptors (Lipinski definition) is 1. The van der Waals surface area contributed by atoms with Gasteiger partial charge in [0.25, 0.3) is 0 Å². The maximum Gasteiger partial charge on any atom is 0.144 e. The molecule has 0 unspecified atom stereocenters. The normalized spacial score (nSPS) is 10.7. The zero-order valence-corrected chi connectivity index (χ0v) is 6.19. The van der Waals surface area contributed by atoms with Gasteiger partial charge in [-0.1, -0.05) is 11.6 Å². The van der Waals surface area contributed by atoms with Crippen molar-refractivity contribution in [3.63, 3.8) is 0 Å². The molecule has 0 saturated heterocycles. The Labute approximate surface area is 67.0 Å². The molecule has 56 valence electrons. The zero-order valence-electron chi connectivity index (χ0n) is 5.44. The smallest absolute Gasteiger partial charge is 0.144 e. The number of aromatic nitrogens is 2. The van der Waals surface area contributed by atoms with Crippen LogP contribution in [0.3, 0.4) is 0 Å². The fourth-order valence-electron chi connectivity index (χ4n) is 0.949. The van der Waals surface area contributed by atoms with Crippen molar-refractivity contribution in [3.05, 3.63) is 29.3 Å². The molecule has 0 radical (unpaired) electrons. The van der Waals surface area contributed by atoms with E-state index in [2.05, 4.69) is 9.97 Å². The lowest BCUT2D eigenvalue weighted by molar-refractivity contribution is 0.630. The van der Waals surface area contributed by atoms with Gasteiger partial charge in [0.05, 0.1) is 11.8 Å². The highest BCUT2D eigenvalue weighted by Gasteiger charge is 2.05. The van der Waals surface area contributed by atoms with E-state index in [0.717, 1.165) is 5.52 Å². The van der Waals surface area contributed by atoms with E-state index < -0.39 is 5.82 Å². The van der Waals surface area contributed by atoms with Gasteiger partial charge < -0.3 is 4.98 Å². The molecule has 0 spiro atoms. The minimum Gasteiger partial charge on any atom is -0.345 e. The molecule has 4 heteroatoms. The lowest BCUT2D eigenvalue weighted by Gasteiger charge is -1.92. The molecule has 2 nitrogen and oxygen atoms in total. The van der Waals surface area contributed by atoms with Crippen molar-refractivity contribution in [3.8, 4) is 0 Å². The lowest BCUT2D eigenvalue weighted by atomic mass is 10.3. The molecule has 0 atom stereocenters. The monoisotopic (exact) mass is 170 g/mol. The molecule has 1 aromatic heterocycles. The number of nitrogens with one attached hydrogen (secondary N) is 1. The summed E-state index contributed by atoms with van der Waals surface area (Å²) in [5.74, 6) is -0.439. The summed E-state index contributed by atoms with van der Waals surface area (Å²) in [5.41, 5.74) is 1.23. The third-order valence-corrected chi connectivity index (χ3v) is 1.84. The Morgan fingerprint density at radius 3 is 3.09 bits per heavy atom. The summed E-state index contributed by atoms with van der Waals surface area (Å²) in [6.07, 6.45) is 1.48. The number of hydrogen-bond donors (Lipinski definition) is 1. The van der Waals surface area contributed by atoms with Crippen molar-refractivity contribution >= 4 is 22.6 Å². The van der Waals surface area contributed by atoms with Gasteiger partial charge in [-0.05, 0) is 12.1 Å². The van der Waals surface area contributed by atoms with Crippen LogP contribution in [0.5, 0.6) is 0 Å². The second-order valence-corrected chi connectivity index (χ2v) is 2.54. The Bertz CT molecular complexity index is 396. The Morgan fingerprint density at radius 2 is 2.27 bits per heavy atom. The molecule has 0 aliphatic rings. The predicted molar refractivity (Wildman–Crippen MR) is 41.1 cm³/mol. The van der Waals surface area contributed by atoms with E-state index >= 15 is 0 Å². The van der Waals surface area contributed by atoms with Gasteiger partial charge in [-0.2, -0.15) is 0 Å². The molecule has 1 heterocycles. The third kappa shape index (κ3) is 0.886. The quantitative estimate of drug-likeness (QED) is 0.646. The molecule has 2 rings (SSSR count). The number of halogens is 2. The van der Waals surface area contributed by atoms with Gasteiger partial charge in [-0.15, -0.1) is 0 Å². The molecule has 11 heavy (non-hydrogen) atoms. The number of imidazole rings is 1. The Kier molecular flexibility index (Phi) is 1.32. The van der Waals surface area contributed by atoms with E-state index in [1.165, 1.54) is 12.4 Å². The van der Waals surface area contributed by atoms with Crippen molar-refractivity contribution in [2.75, 3.05) is 0 Å². The highest BCUT2D eigenvalue weighted by atomic mass is 35.5. The first kappa shape index (κ1) is 6.61. The van der Waals surface area contributed by atoms with Crippen LogP contribution in [-0.4, -0.2) is 9.97 Å². The molecule has 1 aromatic carbocycles. The van der Waals surface area contributed by atoms with Crippen LogP contribution in [0, 0.1) is 5.82 Å². The van der Waals surface area contributed by atoms with Crippen LogP contribution in [0.1, 0.15) is 0 Å². The molecule has 0 amide bonds. The first-order valence-electron chi connectivity index (χ1n) is 3.06. The van der Waals surface area contributed by atoms with Gasteiger partial charge >= 0.3 is 0 Å². The van der Waals surface area contributed by atoms with Crippen LogP contribution in [0.4, 0.5) is 4.39 Å². The highest BCUT2D eigenvalue weighted by molar-refractivity contribution is 6.35. The highest BCUT2D eigenvalue weighted by Crippen LogP contribution is 2.22. The van der Waals surface area contributed by atoms with Gasteiger partial charge in [-0.3, -0.25) is 0 Å². The third-order valence-electron chi connectivity index (χ3n) is 1.48. The predicted octanol–water partition coefficient (Wildman–Crippen LogP) is 2.36. The van der Waals surface area contributed by atoms with Gasteiger partial charge in [0, 0.05) is 0 Å². The van der Waals surface area contributed by atoms with Gasteiger partial charge in [0.15, 0.2) is 0 Å². The fourth-order valence-corrected chi connectivity index (χ4v) is 1.16. The molecule has 0 aliphatic carbocycles. The number of benzene rings is 1. The van der Waals surface area contributed by atoms with Crippen LogP contribution in [-0.2, 0) is 0 Å². The SMILES string of the molecule is Fc1ccc2[nH]cnc2c1Cl. The number of H-pyrrole nitrogens is 1. The van der Waals surface area contributed by atoms with Crippen molar-refractivity contribution in [2.24, 2.45) is 0 Å². The second kappa shape index (κ2) is 2.20. The molecule has 2 aromatic rings. The maximum absolute atomic E-state index is 12.7. The van der Waals surface area contributed by atoms with E-state index in [-0.39, 0.29) is 5.02 Å². The van der Waals surface area contributed by atoms with Crippen LogP contribution in [0.2, 0.25) is 5.02 Å². The van der Waals surface area contributed by atoms with E-state index in [1.54, 1.807) is 6.07 Å². The van der Waals surface area contributed by atoms with Crippen molar-refractivity contribution < 1.29 is 4.39 Å². The molecule has 0 aliphatic heterocycles. The second-order valence-electron chi connectivity index (χ2n) is 2.16. The summed E-state index contributed by atoms with van der Waals surface area (Å²) in [6, 6.07) is 2.91. The van der Waals surface area contributed by atoms with Crippen molar-refractivity contribution in [1.82, 2.24) is 9.97 Å². The summed E-state index contributed by atoms with van der Waals surface area (Å²) in [5, 5.41) is 0.0729. The van der Waals surface area contributed by atoms with E-state index in [9.17, 15) is 4.39 Å². The number of rotatable bonds is 0. The number of aromatic amines is 1. The largest absolute Gasteiger partial charge is 0.345 e. The summed E-state index contributed by atoms with van der Waals surface area (Å²) in [7, 11) is 0. The molecular formula is C7H4ClFN2. The molecule has 0 saturated carbocycles. The molecule has 1 N–H and O–H groups in total. The summed E-state index contributed by atoms with van der Waals surface area (Å²) < 4.78 is 12.7. The minimum absolute atomic E-state index is 0.0729. The Balaban J connectivity index is 2.93. The van der Waals surface area contributed by atoms with Crippen LogP contribution >= 0.6 is 11.6 Å². The van der Waals surface area contributed by atoms with E-state index in [1.807, 2.05) is 0 Å². The van der Waals surface area contributed by atoms with E-state index in [0.29, 0.717) is 5.52 Å². The first-order chi connectivity index (χ1) is 5.29. The van der Waals surface area contributed by atoms with Gasteiger partial charge in [0.1, 0.15) is 16.4 Å². The lowest BCUT2D eigenvalue weighted by Crippen LogP contribution is -1.77. The standard InChI is InChI=1S/C7H4ClFN2/c8-6-4(9)1-2-5-7(6)11-3-10-5/h1-3H,(H,10,11). The molecule has 0 bridgehead atoms. The molecule has 0 fully saturated rings. The van der Waals surface area contributed by atoms with Crippen LogP contribution in [0.15, 0.2) is 18.5 Å². The fraction of sp³-hybridized carbons (Fsp3) is 0. The number of fused-ring (bicyclic) bond motifs is 1. The average Bonchev–Trinajstić information content (AvgIpc) is 2.45. The number of nitrogens with zero attached hydrogens (tertiary/aromatic N) is 1. The van der Waals surface area contributed by atoms with Crippen LogP contribution in [0.25, 0.3) is 11.0 Å². The van der Waals surface area contributed by atoms with Gasteiger partial charge in [0.2, 0.25) is 0 Å². The Hall–Kier alpha value is -1.09. The van der Waals surface area contributed by atoms with Gasteiger partial charge in [-0.25, -0.2) is 9.37 Å². The maximum atomic E-state index is 12.7. The first-order valence-corrected chi connectivity index (χ1v) is 3.44. The van der Waals surface area contributed by atoms with Crippen molar-refractivity contribution in [2.45, 2.75) is 0 Å². The Morgan fingerprint density at radius 1 is 1.45 bits per heavy atom. The summed E-state index contributed by atoms with van der Waals surface area (Å²) in [4.78, 5) is 6.68.